The van der Waals surface area contributed by atoms with E-state index in [-0.39, 0.29) is 17.2 Å². The van der Waals surface area contributed by atoms with Gasteiger partial charge in [0.15, 0.2) is 5.78 Å². The molecule has 1 saturated heterocycles. The quantitative estimate of drug-likeness (QED) is 0.838. The van der Waals surface area contributed by atoms with Crippen LogP contribution in [0.3, 0.4) is 0 Å². The average molecular weight is 301 g/mol. The Hall–Kier alpha value is -0.970. The van der Waals surface area contributed by atoms with Gasteiger partial charge in [-0.2, -0.15) is 0 Å². The number of ether oxygens (including phenoxy) is 2. The molecule has 1 aliphatic rings. The SMILES string of the molecule is CCOC1(C(=O)Cc2ccc(Cl)c(F)c2)CCOCC1. The zero-order chi connectivity index (χ0) is 14.6. The van der Waals surface area contributed by atoms with E-state index in [1.165, 1.54) is 12.1 Å². The number of carbonyl (C=O) groups excluding carboxylic acids is 1. The van der Waals surface area contributed by atoms with E-state index >= 15 is 0 Å². The summed E-state index contributed by atoms with van der Waals surface area (Å²) in [6, 6.07) is 4.44. The van der Waals surface area contributed by atoms with Crippen molar-refractivity contribution in [1.82, 2.24) is 0 Å². The predicted molar refractivity (Wildman–Crippen MR) is 74.5 cm³/mol. The third-order valence-electron chi connectivity index (χ3n) is 3.58. The summed E-state index contributed by atoms with van der Waals surface area (Å²) in [4.78, 5) is 12.5. The van der Waals surface area contributed by atoms with Gasteiger partial charge >= 0.3 is 0 Å². The molecule has 0 spiro atoms. The van der Waals surface area contributed by atoms with Crippen molar-refractivity contribution in [3.8, 4) is 0 Å². The molecule has 110 valence electrons. The van der Waals surface area contributed by atoms with Gasteiger partial charge in [0.25, 0.3) is 0 Å². The van der Waals surface area contributed by atoms with Crippen LogP contribution in [0, 0.1) is 5.82 Å². The molecule has 0 atom stereocenters. The maximum atomic E-state index is 13.4. The lowest BCUT2D eigenvalue weighted by molar-refractivity contribution is -0.156. The van der Waals surface area contributed by atoms with E-state index in [0.717, 1.165) is 0 Å². The molecule has 0 amide bonds. The maximum Gasteiger partial charge on any atom is 0.169 e. The number of benzene rings is 1. The molecule has 0 N–H and O–H groups in total. The maximum absolute atomic E-state index is 13.4. The second kappa shape index (κ2) is 6.66. The Balaban J connectivity index is 2.13. The Morgan fingerprint density at radius 3 is 2.75 bits per heavy atom. The Labute approximate surface area is 123 Å². The molecule has 5 heteroatoms. The van der Waals surface area contributed by atoms with Gasteiger partial charge in [0.1, 0.15) is 11.4 Å². The number of halogens is 2. The summed E-state index contributed by atoms with van der Waals surface area (Å²) >= 11 is 5.64. The number of Topliss-reactive ketones (excluding diaryl/α,β-unsaturated/α-hetero) is 1. The molecular weight excluding hydrogens is 283 g/mol. The van der Waals surface area contributed by atoms with Gasteiger partial charge in [0.2, 0.25) is 0 Å². The van der Waals surface area contributed by atoms with E-state index < -0.39 is 11.4 Å². The number of hydrogen-bond donors (Lipinski definition) is 0. The van der Waals surface area contributed by atoms with Crippen LogP contribution >= 0.6 is 11.6 Å². The first-order chi connectivity index (χ1) is 9.57. The lowest BCUT2D eigenvalue weighted by atomic mass is 9.86. The molecule has 1 heterocycles. The summed E-state index contributed by atoms with van der Waals surface area (Å²) in [5.74, 6) is -0.529. The van der Waals surface area contributed by atoms with Crippen LogP contribution in [0.5, 0.6) is 0 Å². The van der Waals surface area contributed by atoms with Crippen LogP contribution in [0.1, 0.15) is 25.3 Å². The summed E-state index contributed by atoms with van der Waals surface area (Å²) in [5, 5.41) is 0.0618. The first-order valence-electron chi connectivity index (χ1n) is 6.76. The van der Waals surface area contributed by atoms with Crippen LogP contribution in [0.2, 0.25) is 5.02 Å². The van der Waals surface area contributed by atoms with Crippen molar-refractivity contribution in [2.75, 3.05) is 19.8 Å². The molecule has 0 aliphatic carbocycles. The molecule has 3 nitrogen and oxygen atoms in total. The molecular formula is C15H18ClFO3. The molecule has 20 heavy (non-hydrogen) atoms. The molecule has 0 unspecified atom stereocenters. The van der Waals surface area contributed by atoms with E-state index in [1.807, 2.05) is 6.92 Å². The molecule has 0 radical (unpaired) electrons. The topological polar surface area (TPSA) is 35.5 Å². The minimum Gasteiger partial charge on any atom is -0.381 e. The van der Waals surface area contributed by atoms with Crippen molar-refractivity contribution in [2.24, 2.45) is 0 Å². The van der Waals surface area contributed by atoms with E-state index in [2.05, 4.69) is 0 Å². The van der Waals surface area contributed by atoms with Gasteiger partial charge in [-0.25, -0.2) is 4.39 Å². The van der Waals surface area contributed by atoms with Gasteiger partial charge in [-0.1, -0.05) is 17.7 Å². The van der Waals surface area contributed by atoms with E-state index in [9.17, 15) is 9.18 Å². The number of rotatable bonds is 5. The Kier molecular flexibility index (Phi) is 5.13. The van der Waals surface area contributed by atoms with Crippen LogP contribution in [0.25, 0.3) is 0 Å². The Morgan fingerprint density at radius 2 is 2.15 bits per heavy atom. The zero-order valence-corrected chi connectivity index (χ0v) is 12.2. The van der Waals surface area contributed by atoms with Crippen LogP contribution < -0.4 is 0 Å². The minimum atomic E-state index is -0.789. The highest BCUT2D eigenvalue weighted by Gasteiger charge is 2.40. The monoisotopic (exact) mass is 300 g/mol. The molecule has 1 fully saturated rings. The highest BCUT2D eigenvalue weighted by atomic mass is 35.5. The fraction of sp³-hybridized carbons (Fsp3) is 0.533. The van der Waals surface area contributed by atoms with Gasteiger partial charge in [-0.05, 0) is 24.6 Å². The van der Waals surface area contributed by atoms with Crippen LogP contribution in [0.15, 0.2) is 18.2 Å². The lowest BCUT2D eigenvalue weighted by Crippen LogP contribution is -2.47. The Bertz CT molecular complexity index is 478. The molecule has 0 aromatic heterocycles. The summed E-state index contributed by atoms with van der Waals surface area (Å²) in [6.45, 7) is 3.37. The van der Waals surface area contributed by atoms with Crippen molar-refractivity contribution in [1.29, 1.82) is 0 Å². The number of hydrogen-bond acceptors (Lipinski definition) is 3. The van der Waals surface area contributed by atoms with Crippen molar-refractivity contribution < 1.29 is 18.7 Å². The molecule has 1 aromatic rings. The highest BCUT2D eigenvalue weighted by molar-refractivity contribution is 6.30. The van der Waals surface area contributed by atoms with Crippen molar-refractivity contribution >= 4 is 17.4 Å². The van der Waals surface area contributed by atoms with Gasteiger partial charge in [-0.15, -0.1) is 0 Å². The fourth-order valence-corrected chi connectivity index (χ4v) is 2.59. The summed E-state index contributed by atoms with van der Waals surface area (Å²) in [5.41, 5.74) is -0.175. The van der Waals surface area contributed by atoms with Gasteiger partial charge < -0.3 is 9.47 Å². The smallest absolute Gasteiger partial charge is 0.169 e. The van der Waals surface area contributed by atoms with Gasteiger partial charge in [-0.3, -0.25) is 4.79 Å². The van der Waals surface area contributed by atoms with E-state index in [4.69, 9.17) is 21.1 Å². The fourth-order valence-electron chi connectivity index (χ4n) is 2.48. The largest absolute Gasteiger partial charge is 0.381 e. The van der Waals surface area contributed by atoms with Crippen LogP contribution in [0.4, 0.5) is 4.39 Å². The molecule has 0 bridgehead atoms. The number of carbonyl (C=O) groups is 1. The summed E-state index contributed by atoms with van der Waals surface area (Å²) in [7, 11) is 0. The molecule has 1 aromatic carbocycles. The van der Waals surface area contributed by atoms with Crippen molar-refractivity contribution in [3.63, 3.8) is 0 Å². The van der Waals surface area contributed by atoms with Crippen molar-refractivity contribution in [2.45, 2.75) is 31.8 Å². The van der Waals surface area contributed by atoms with Gasteiger partial charge in [0, 0.05) is 39.1 Å². The summed E-state index contributed by atoms with van der Waals surface area (Å²) in [6.07, 6.45) is 1.25. The minimum absolute atomic E-state index is 0.0237. The lowest BCUT2D eigenvalue weighted by Gasteiger charge is -2.35. The second-order valence-corrected chi connectivity index (χ2v) is 5.30. The van der Waals surface area contributed by atoms with E-state index in [0.29, 0.717) is 38.2 Å². The van der Waals surface area contributed by atoms with E-state index in [1.54, 1.807) is 6.07 Å². The predicted octanol–water partition coefficient (Wildman–Crippen LogP) is 3.18. The third kappa shape index (κ3) is 3.37. The average Bonchev–Trinajstić information content (AvgIpc) is 2.44. The molecule has 2 rings (SSSR count). The van der Waals surface area contributed by atoms with Crippen LogP contribution in [-0.2, 0) is 20.7 Å². The summed E-state index contributed by atoms with van der Waals surface area (Å²) < 4.78 is 24.4. The standard InChI is InChI=1S/C15H18ClFO3/c1-2-20-15(5-7-19-8-6-15)14(18)10-11-3-4-12(16)13(17)9-11/h3-4,9H,2,5-8,10H2,1H3. The van der Waals surface area contributed by atoms with Gasteiger partial charge in [0.05, 0.1) is 5.02 Å². The molecule has 1 aliphatic heterocycles. The second-order valence-electron chi connectivity index (χ2n) is 4.89. The zero-order valence-electron chi connectivity index (χ0n) is 11.5. The highest BCUT2D eigenvalue weighted by Crippen LogP contribution is 2.28. The first kappa shape index (κ1) is 15.4. The normalized spacial score (nSPS) is 17.9. The molecule has 0 saturated carbocycles. The first-order valence-corrected chi connectivity index (χ1v) is 7.14. The third-order valence-corrected chi connectivity index (χ3v) is 3.88. The van der Waals surface area contributed by atoms with Crippen molar-refractivity contribution in [3.05, 3.63) is 34.6 Å². The Morgan fingerprint density at radius 1 is 1.45 bits per heavy atom. The number of ketones is 1. The van der Waals surface area contributed by atoms with Crippen LogP contribution in [-0.4, -0.2) is 31.2 Å².